The van der Waals surface area contributed by atoms with E-state index >= 15 is 0 Å². The van der Waals surface area contributed by atoms with E-state index in [0.29, 0.717) is 20.6 Å². The standard InChI is InChI=1S/C40H32N4O16S4/c45-29-11-59-19-3-1-17-9-20(4-2-18(17)10-19)60-12-30(46)42-26(38(53)54)14-62-64-16-28(40(57)58)44-35(49)23-7-5-21-31-22(6-8-24(32(23)31)36(44)50)34(48)43(33(21)47)27(39(55)56)15-63-61-13-25(41-29)37(51)52/h1-10,25-28H,11-16H2,(H,41,45)(H,42,46)(H,51,52)(H,53,54)(H,55,56)(H,57,58)/t25?,26?,27-,28-/m0/s1. The molecule has 12 heterocycles. The largest absolute Gasteiger partial charge is 0.484 e. The van der Waals surface area contributed by atoms with Crippen molar-refractivity contribution in [1.82, 2.24) is 20.4 Å². The van der Waals surface area contributed by atoms with Gasteiger partial charge in [0, 0.05) is 56.0 Å². The van der Waals surface area contributed by atoms with E-state index in [1.165, 1.54) is 12.1 Å². The van der Waals surface area contributed by atoms with Crippen molar-refractivity contribution in [3.63, 3.8) is 0 Å². The van der Waals surface area contributed by atoms with Gasteiger partial charge in [-0.25, -0.2) is 19.2 Å². The Bertz CT molecular complexity index is 2450. The Labute approximate surface area is 375 Å². The lowest BCUT2D eigenvalue weighted by Gasteiger charge is -2.35. The van der Waals surface area contributed by atoms with E-state index < -0.39 is 108 Å². The first-order chi connectivity index (χ1) is 30.5. The van der Waals surface area contributed by atoms with E-state index in [1.807, 2.05) is 0 Å². The molecule has 24 heteroatoms. The first-order valence-electron chi connectivity index (χ1n) is 18.7. The number of imide groups is 2. The summed E-state index contributed by atoms with van der Waals surface area (Å²) in [6.45, 7) is -1.14. The second-order valence-corrected chi connectivity index (χ2v) is 19.1. The van der Waals surface area contributed by atoms with Gasteiger partial charge < -0.3 is 40.5 Å². The van der Waals surface area contributed by atoms with Crippen molar-refractivity contribution >= 4 is 124 Å². The lowest BCUT2D eigenvalue weighted by atomic mass is 9.85. The van der Waals surface area contributed by atoms with Gasteiger partial charge in [0.25, 0.3) is 35.4 Å². The van der Waals surface area contributed by atoms with Gasteiger partial charge in [-0.2, -0.15) is 0 Å². The fourth-order valence-corrected chi connectivity index (χ4v) is 11.6. The monoisotopic (exact) mass is 952 g/mol. The molecular weight excluding hydrogens is 921 g/mol. The zero-order valence-corrected chi connectivity index (χ0v) is 35.8. The number of carboxylic acids is 4. The lowest BCUT2D eigenvalue weighted by molar-refractivity contribution is -0.141. The summed E-state index contributed by atoms with van der Waals surface area (Å²) < 4.78 is 11.2. The van der Waals surface area contributed by atoms with Crippen LogP contribution in [0, 0.1) is 0 Å². The minimum Gasteiger partial charge on any atom is -0.484 e. The minimum atomic E-state index is -1.78. The van der Waals surface area contributed by atoms with Crippen LogP contribution < -0.4 is 20.1 Å². The molecule has 0 saturated carbocycles. The van der Waals surface area contributed by atoms with Gasteiger partial charge in [0.15, 0.2) is 13.2 Å². The van der Waals surface area contributed by atoms with Gasteiger partial charge in [-0.05, 0) is 59.3 Å². The van der Waals surface area contributed by atoms with Crippen LogP contribution in [0.4, 0.5) is 0 Å². The predicted molar refractivity (Wildman–Crippen MR) is 232 cm³/mol. The molecule has 6 amide bonds. The number of ether oxygens (including phenoxy) is 2. The van der Waals surface area contributed by atoms with Crippen LogP contribution in [0.5, 0.6) is 11.5 Å². The molecular formula is C40H32N4O16S4. The second kappa shape index (κ2) is 19.1. The normalized spacial score (nSPS) is 21.6. The van der Waals surface area contributed by atoms with Gasteiger partial charge in [-0.1, -0.05) is 55.3 Å². The third kappa shape index (κ3) is 9.25. The highest BCUT2D eigenvalue weighted by molar-refractivity contribution is 8.77. The lowest BCUT2D eigenvalue weighted by Crippen LogP contribution is -2.53. The fourth-order valence-electron chi connectivity index (χ4n) is 6.95. The molecule has 332 valence electrons. The van der Waals surface area contributed by atoms with Gasteiger partial charge in [0.1, 0.15) is 35.7 Å². The Hall–Kier alpha value is -6.50. The van der Waals surface area contributed by atoms with Crippen molar-refractivity contribution in [2.45, 2.75) is 24.2 Å². The summed E-state index contributed by atoms with van der Waals surface area (Å²) in [6.07, 6.45) is 0. The van der Waals surface area contributed by atoms with Gasteiger partial charge >= 0.3 is 23.9 Å². The summed E-state index contributed by atoms with van der Waals surface area (Å²) in [5, 5.41) is 45.7. The number of carboxylic acid groups (broad SMARTS) is 4. The molecule has 0 radical (unpaired) electrons. The number of carbonyl (C=O) groups is 10. The predicted octanol–water partition coefficient (Wildman–Crippen LogP) is 2.46. The molecule has 0 spiro atoms. The quantitative estimate of drug-likeness (QED) is 0.126. The van der Waals surface area contributed by atoms with E-state index in [2.05, 4.69) is 10.6 Å². The Morgan fingerprint density at radius 3 is 1.12 bits per heavy atom. The number of amides is 6. The topological polar surface area (TPSA) is 301 Å². The molecule has 0 saturated heterocycles. The maximum absolute atomic E-state index is 14.0. The molecule has 0 aliphatic carbocycles. The van der Waals surface area contributed by atoms with E-state index in [0.717, 1.165) is 67.4 Å². The van der Waals surface area contributed by atoms with Crippen LogP contribution in [-0.2, 0) is 28.8 Å². The average molecular weight is 953 g/mol. The van der Waals surface area contributed by atoms with Crippen LogP contribution in [0.1, 0.15) is 41.4 Å². The Balaban J connectivity index is 1.17. The van der Waals surface area contributed by atoms with E-state index in [9.17, 15) is 68.4 Å². The first kappa shape index (κ1) is 45.5. The number of carbonyl (C=O) groups excluding carboxylic acids is 6. The van der Waals surface area contributed by atoms with Gasteiger partial charge in [0.05, 0.1) is 0 Å². The van der Waals surface area contributed by atoms with Crippen LogP contribution in [-0.4, -0.2) is 150 Å². The van der Waals surface area contributed by atoms with E-state index in [1.54, 1.807) is 24.3 Å². The van der Waals surface area contributed by atoms with Crippen molar-refractivity contribution in [2.24, 2.45) is 0 Å². The number of aliphatic carboxylic acids is 4. The summed E-state index contributed by atoms with van der Waals surface area (Å²) in [4.78, 5) is 132. The zero-order valence-electron chi connectivity index (χ0n) is 32.5. The summed E-state index contributed by atoms with van der Waals surface area (Å²) in [6, 6.07) is 7.71. The summed E-state index contributed by atoms with van der Waals surface area (Å²) in [7, 11) is 3.38. The highest BCUT2D eigenvalue weighted by Crippen LogP contribution is 2.40. The summed E-state index contributed by atoms with van der Waals surface area (Å²) >= 11 is 0. The molecule has 4 aromatic carbocycles. The number of nitrogens with one attached hydrogen (secondary N) is 2. The number of nitrogens with zero attached hydrogens (tertiary/aromatic N) is 2. The first-order valence-corrected chi connectivity index (χ1v) is 23.7. The van der Waals surface area contributed by atoms with E-state index in [-0.39, 0.29) is 56.0 Å². The number of rotatable bonds is 4. The van der Waals surface area contributed by atoms with Crippen LogP contribution in [0.15, 0.2) is 60.7 Å². The third-order valence-electron chi connectivity index (χ3n) is 10.0. The Kier molecular flexibility index (Phi) is 13.6. The van der Waals surface area contributed by atoms with Crippen LogP contribution in [0.2, 0.25) is 0 Å². The number of benzene rings is 4. The smallest absolute Gasteiger partial charge is 0.327 e. The fraction of sp³-hybridized carbons (Fsp3) is 0.250. The Morgan fingerprint density at radius 2 is 0.812 bits per heavy atom. The molecule has 2 unspecified atom stereocenters. The molecule has 0 aromatic heterocycles. The maximum atomic E-state index is 14.0. The number of hydrogen-bond acceptors (Lipinski definition) is 16. The SMILES string of the molecule is O=C1COc2ccc3cc(ccc3c2)OCC(=O)NC(C(=O)O)CSSC[C@@H](C(=O)O)N2C(=O)c3ccc4c5c(ccc(c35)C2=O)C(=O)N(C4=O)[C@H](C(=O)O)CSSCC(C(=O)O)N1. The van der Waals surface area contributed by atoms with Crippen LogP contribution >= 0.6 is 43.2 Å². The molecule has 12 aliphatic heterocycles. The molecule has 4 aromatic rings. The van der Waals surface area contributed by atoms with Crippen LogP contribution in [0.3, 0.4) is 0 Å². The van der Waals surface area contributed by atoms with Crippen molar-refractivity contribution in [1.29, 1.82) is 0 Å². The average Bonchev–Trinajstić information content (AvgIpc) is 3.25. The molecule has 6 N–H and O–H groups in total. The summed E-state index contributed by atoms with van der Waals surface area (Å²) in [5.41, 5.74) is -0.862. The molecule has 12 aliphatic rings. The second-order valence-electron chi connectivity index (χ2n) is 14.0. The van der Waals surface area contributed by atoms with E-state index in [4.69, 9.17) is 9.47 Å². The molecule has 12 bridgehead atoms. The molecule has 20 nitrogen and oxygen atoms in total. The number of hydrogen-bond donors (Lipinski definition) is 6. The maximum Gasteiger partial charge on any atom is 0.327 e. The highest BCUT2D eigenvalue weighted by atomic mass is 33.1. The van der Waals surface area contributed by atoms with Crippen LogP contribution in [0.25, 0.3) is 21.5 Å². The molecule has 0 fully saturated rings. The molecule has 64 heavy (non-hydrogen) atoms. The van der Waals surface area contributed by atoms with Gasteiger partial charge in [-0.15, -0.1) is 0 Å². The molecule has 16 rings (SSSR count). The zero-order chi connectivity index (χ0) is 46.0. The highest BCUT2D eigenvalue weighted by Gasteiger charge is 2.46. The molecule has 4 atom stereocenters. The van der Waals surface area contributed by atoms with Gasteiger partial charge in [-0.3, -0.25) is 38.6 Å². The van der Waals surface area contributed by atoms with Crippen molar-refractivity contribution in [3.05, 3.63) is 82.9 Å². The summed E-state index contributed by atoms with van der Waals surface area (Å²) in [5.74, 6) is -12.6. The van der Waals surface area contributed by atoms with Crippen molar-refractivity contribution in [3.8, 4) is 11.5 Å². The Morgan fingerprint density at radius 1 is 0.484 bits per heavy atom. The third-order valence-corrected chi connectivity index (χ3v) is 14.8. The van der Waals surface area contributed by atoms with Crippen molar-refractivity contribution < 1.29 is 77.8 Å². The minimum absolute atomic E-state index is 0.114. The van der Waals surface area contributed by atoms with Gasteiger partial charge in [0.2, 0.25) is 0 Å². The van der Waals surface area contributed by atoms with Crippen molar-refractivity contribution in [2.75, 3.05) is 36.2 Å².